The summed E-state index contributed by atoms with van der Waals surface area (Å²) in [5.74, 6) is 0.275. The van der Waals surface area contributed by atoms with Crippen molar-refractivity contribution >= 4 is 21.9 Å². The SMILES string of the molecule is C=CC(CC(C)C)OC(=O)CBr. The lowest BCUT2D eigenvalue weighted by atomic mass is 10.1. The van der Waals surface area contributed by atoms with E-state index in [2.05, 4.69) is 36.4 Å². The van der Waals surface area contributed by atoms with Crippen molar-refractivity contribution in [1.29, 1.82) is 0 Å². The Kier molecular flexibility index (Phi) is 6.07. The van der Waals surface area contributed by atoms with Crippen LogP contribution in [0.4, 0.5) is 0 Å². The molecule has 0 aliphatic rings. The zero-order valence-electron chi connectivity index (χ0n) is 7.55. The summed E-state index contributed by atoms with van der Waals surface area (Å²) in [6.07, 6.45) is 2.36. The molecular formula is C9H15BrO2. The summed E-state index contributed by atoms with van der Waals surface area (Å²) in [5.41, 5.74) is 0. The Morgan fingerprint density at radius 2 is 2.25 bits per heavy atom. The predicted molar refractivity (Wildman–Crippen MR) is 53.3 cm³/mol. The van der Waals surface area contributed by atoms with Gasteiger partial charge < -0.3 is 4.74 Å². The van der Waals surface area contributed by atoms with Crippen molar-refractivity contribution in [2.45, 2.75) is 26.4 Å². The topological polar surface area (TPSA) is 26.3 Å². The molecule has 3 heteroatoms. The lowest BCUT2D eigenvalue weighted by molar-refractivity contribution is -0.144. The molecule has 0 aliphatic heterocycles. The maximum atomic E-state index is 10.8. The number of halogens is 1. The molecule has 0 saturated carbocycles. The van der Waals surface area contributed by atoms with Gasteiger partial charge >= 0.3 is 5.97 Å². The van der Waals surface area contributed by atoms with Gasteiger partial charge in [-0.25, -0.2) is 0 Å². The molecule has 0 aromatic carbocycles. The van der Waals surface area contributed by atoms with Crippen LogP contribution in [0.3, 0.4) is 0 Å². The van der Waals surface area contributed by atoms with Gasteiger partial charge in [-0.05, 0) is 12.3 Å². The molecule has 0 saturated heterocycles. The van der Waals surface area contributed by atoms with Crippen LogP contribution in [0.1, 0.15) is 20.3 Å². The van der Waals surface area contributed by atoms with Crippen LogP contribution in [-0.2, 0) is 9.53 Å². The van der Waals surface area contributed by atoms with Gasteiger partial charge in [-0.2, -0.15) is 0 Å². The standard InChI is InChI=1S/C9H15BrO2/c1-4-8(5-7(2)3)12-9(11)6-10/h4,7-8H,1,5-6H2,2-3H3. The maximum Gasteiger partial charge on any atom is 0.317 e. The van der Waals surface area contributed by atoms with Gasteiger partial charge in [-0.1, -0.05) is 42.4 Å². The van der Waals surface area contributed by atoms with E-state index in [4.69, 9.17) is 4.74 Å². The third kappa shape index (κ3) is 5.35. The van der Waals surface area contributed by atoms with E-state index < -0.39 is 0 Å². The van der Waals surface area contributed by atoms with Gasteiger partial charge in [0.15, 0.2) is 0 Å². The second-order valence-corrected chi connectivity index (χ2v) is 3.59. The van der Waals surface area contributed by atoms with Gasteiger partial charge in [-0.15, -0.1) is 0 Å². The lowest BCUT2D eigenvalue weighted by Gasteiger charge is -2.14. The van der Waals surface area contributed by atoms with Crippen LogP contribution in [0, 0.1) is 5.92 Å². The molecule has 0 fully saturated rings. The highest BCUT2D eigenvalue weighted by molar-refractivity contribution is 9.09. The fourth-order valence-corrected chi connectivity index (χ4v) is 0.990. The summed E-state index contributed by atoms with van der Waals surface area (Å²) in [6, 6.07) is 0. The second kappa shape index (κ2) is 6.23. The zero-order valence-corrected chi connectivity index (χ0v) is 9.13. The average Bonchev–Trinajstić information content (AvgIpc) is 2.02. The first-order valence-corrected chi connectivity index (χ1v) is 5.10. The summed E-state index contributed by atoms with van der Waals surface area (Å²) in [6.45, 7) is 7.77. The molecule has 0 N–H and O–H groups in total. The van der Waals surface area contributed by atoms with Crippen molar-refractivity contribution < 1.29 is 9.53 Å². The van der Waals surface area contributed by atoms with Crippen LogP contribution in [0.2, 0.25) is 0 Å². The maximum absolute atomic E-state index is 10.8. The third-order valence-electron chi connectivity index (χ3n) is 1.36. The Balaban J connectivity index is 3.82. The molecule has 0 rings (SSSR count). The van der Waals surface area contributed by atoms with Gasteiger partial charge in [0.2, 0.25) is 0 Å². The van der Waals surface area contributed by atoms with Crippen LogP contribution >= 0.6 is 15.9 Å². The number of rotatable bonds is 5. The second-order valence-electron chi connectivity index (χ2n) is 3.03. The van der Waals surface area contributed by atoms with Gasteiger partial charge in [0, 0.05) is 0 Å². The van der Waals surface area contributed by atoms with Crippen molar-refractivity contribution in [3.63, 3.8) is 0 Å². The number of hydrogen-bond donors (Lipinski definition) is 0. The highest BCUT2D eigenvalue weighted by Gasteiger charge is 2.11. The van der Waals surface area contributed by atoms with E-state index in [0.717, 1.165) is 6.42 Å². The molecule has 70 valence electrons. The van der Waals surface area contributed by atoms with E-state index >= 15 is 0 Å². The summed E-state index contributed by atoms with van der Waals surface area (Å²) in [4.78, 5) is 10.8. The fraction of sp³-hybridized carbons (Fsp3) is 0.667. The molecule has 0 aromatic heterocycles. The van der Waals surface area contributed by atoms with E-state index in [1.165, 1.54) is 0 Å². The minimum atomic E-state index is -0.236. The number of esters is 1. The molecule has 0 aromatic rings. The van der Waals surface area contributed by atoms with Crippen LogP contribution in [0.25, 0.3) is 0 Å². The molecule has 0 amide bonds. The van der Waals surface area contributed by atoms with Gasteiger partial charge in [0.05, 0.1) is 0 Å². The quantitative estimate of drug-likeness (QED) is 0.415. The minimum absolute atomic E-state index is 0.143. The average molecular weight is 235 g/mol. The third-order valence-corrected chi connectivity index (χ3v) is 1.82. The van der Waals surface area contributed by atoms with E-state index in [-0.39, 0.29) is 17.4 Å². The first kappa shape index (κ1) is 11.7. The van der Waals surface area contributed by atoms with Gasteiger partial charge in [-0.3, -0.25) is 4.79 Å². The van der Waals surface area contributed by atoms with Gasteiger partial charge in [0.1, 0.15) is 11.4 Å². The van der Waals surface area contributed by atoms with Crippen molar-refractivity contribution in [3.8, 4) is 0 Å². The van der Waals surface area contributed by atoms with E-state index in [1.54, 1.807) is 6.08 Å². The molecule has 0 bridgehead atoms. The van der Waals surface area contributed by atoms with Crippen LogP contribution in [-0.4, -0.2) is 17.4 Å². The van der Waals surface area contributed by atoms with Crippen LogP contribution in [0.15, 0.2) is 12.7 Å². The summed E-state index contributed by atoms with van der Waals surface area (Å²) in [5, 5.41) is 0.245. The smallest absolute Gasteiger partial charge is 0.317 e. The Morgan fingerprint density at radius 1 is 1.67 bits per heavy atom. The number of carbonyl (C=O) groups is 1. The van der Waals surface area contributed by atoms with E-state index in [1.807, 2.05) is 0 Å². The highest BCUT2D eigenvalue weighted by Crippen LogP contribution is 2.09. The number of hydrogen-bond acceptors (Lipinski definition) is 2. The first-order valence-electron chi connectivity index (χ1n) is 3.98. The van der Waals surface area contributed by atoms with Gasteiger partial charge in [0.25, 0.3) is 0 Å². The summed E-state index contributed by atoms with van der Waals surface area (Å²) < 4.78 is 5.06. The molecule has 1 atom stereocenters. The molecule has 0 aliphatic carbocycles. The molecule has 12 heavy (non-hydrogen) atoms. The first-order chi connectivity index (χ1) is 5.60. The van der Waals surface area contributed by atoms with E-state index in [9.17, 15) is 4.79 Å². The molecule has 1 unspecified atom stereocenters. The largest absolute Gasteiger partial charge is 0.458 e. The Bertz CT molecular complexity index is 155. The van der Waals surface area contributed by atoms with Crippen LogP contribution in [0.5, 0.6) is 0 Å². The van der Waals surface area contributed by atoms with E-state index in [0.29, 0.717) is 5.92 Å². The Labute approximate surface area is 82.1 Å². The number of carbonyl (C=O) groups excluding carboxylic acids is 1. The molecule has 0 spiro atoms. The molecular weight excluding hydrogens is 220 g/mol. The van der Waals surface area contributed by atoms with Crippen LogP contribution < -0.4 is 0 Å². The minimum Gasteiger partial charge on any atom is -0.458 e. The highest BCUT2D eigenvalue weighted by atomic mass is 79.9. The Hall–Kier alpha value is -0.310. The Morgan fingerprint density at radius 3 is 2.58 bits per heavy atom. The monoisotopic (exact) mass is 234 g/mol. The molecule has 0 heterocycles. The number of ether oxygens (including phenoxy) is 1. The fourth-order valence-electron chi connectivity index (χ4n) is 0.857. The van der Waals surface area contributed by atoms with Crippen molar-refractivity contribution in [2.75, 3.05) is 5.33 Å². The molecule has 0 radical (unpaired) electrons. The normalized spacial score (nSPS) is 12.7. The number of alkyl halides is 1. The van der Waals surface area contributed by atoms with Crippen molar-refractivity contribution in [1.82, 2.24) is 0 Å². The van der Waals surface area contributed by atoms with Crippen molar-refractivity contribution in [2.24, 2.45) is 5.92 Å². The lowest BCUT2D eigenvalue weighted by Crippen LogP contribution is -2.18. The zero-order chi connectivity index (χ0) is 9.56. The summed E-state index contributed by atoms with van der Waals surface area (Å²) >= 11 is 3.03. The summed E-state index contributed by atoms with van der Waals surface area (Å²) in [7, 11) is 0. The predicted octanol–water partition coefficient (Wildman–Crippen LogP) is 2.53. The molecule has 2 nitrogen and oxygen atoms in total. The van der Waals surface area contributed by atoms with Crippen molar-refractivity contribution in [3.05, 3.63) is 12.7 Å².